The summed E-state index contributed by atoms with van der Waals surface area (Å²) < 4.78 is 36.6. The summed E-state index contributed by atoms with van der Waals surface area (Å²) in [5, 5.41) is 3.31. The van der Waals surface area contributed by atoms with Crippen molar-refractivity contribution in [2.45, 2.75) is 51.2 Å². The fourth-order valence-corrected chi connectivity index (χ4v) is 1.48. The van der Waals surface area contributed by atoms with Gasteiger partial charge in [0.05, 0.1) is 12.0 Å². The van der Waals surface area contributed by atoms with E-state index in [2.05, 4.69) is 10.0 Å². The Balaban J connectivity index is 4.74. The number of nitrogens with zero attached hydrogens (tertiary/aromatic N) is 3. The van der Waals surface area contributed by atoms with E-state index in [4.69, 9.17) is 5.53 Å². The van der Waals surface area contributed by atoms with Gasteiger partial charge in [0.25, 0.3) is 0 Å². The van der Waals surface area contributed by atoms with Gasteiger partial charge in [-0.2, -0.15) is 13.2 Å². The molecule has 0 aromatic rings. The van der Waals surface area contributed by atoms with Crippen LogP contribution in [0.2, 0.25) is 0 Å². The van der Waals surface area contributed by atoms with Crippen molar-refractivity contribution in [3.8, 4) is 0 Å². The summed E-state index contributed by atoms with van der Waals surface area (Å²) >= 11 is 0. The van der Waals surface area contributed by atoms with Crippen molar-refractivity contribution in [2.24, 2.45) is 5.11 Å². The summed E-state index contributed by atoms with van der Waals surface area (Å²) in [6.07, 6.45) is -4.26. The van der Waals surface area contributed by atoms with Crippen molar-refractivity contribution in [2.75, 3.05) is 0 Å². The van der Waals surface area contributed by atoms with Crippen molar-refractivity contribution in [1.82, 2.24) is 0 Å². The molecule has 82 valence electrons. The molecule has 0 aromatic carbocycles. The third-order valence-corrected chi connectivity index (χ3v) is 2.16. The van der Waals surface area contributed by atoms with Crippen LogP contribution in [0, 0.1) is 0 Å². The van der Waals surface area contributed by atoms with Crippen LogP contribution in [-0.2, 0) is 0 Å². The lowest BCUT2D eigenvalue weighted by Crippen LogP contribution is -2.31. The number of halogens is 3. The molecule has 0 aliphatic heterocycles. The topological polar surface area (TPSA) is 48.8 Å². The van der Waals surface area contributed by atoms with Gasteiger partial charge in [-0.05, 0) is 18.4 Å². The van der Waals surface area contributed by atoms with E-state index in [9.17, 15) is 13.2 Å². The van der Waals surface area contributed by atoms with Gasteiger partial charge in [-0.25, -0.2) is 0 Å². The monoisotopic (exact) mass is 209 g/mol. The Morgan fingerprint density at radius 2 is 1.86 bits per heavy atom. The quantitative estimate of drug-likeness (QED) is 0.370. The second kappa shape index (κ2) is 5.10. The Hall–Kier alpha value is -0.900. The summed E-state index contributed by atoms with van der Waals surface area (Å²) in [6.45, 7) is 3.38. The zero-order chi connectivity index (χ0) is 11.2. The molecule has 0 saturated heterocycles. The molecule has 0 heterocycles. The van der Waals surface area contributed by atoms with Crippen LogP contribution in [0.15, 0.2) is 5.11 Å². The number of hydrogen-bond acceptors (Lipinski definition) is 1. The molecule has 6 heteroatoms. The molecule has 0 spiro atoms. The molecule has 0 bridgehead atoms. The minimum absolute atomic E-state index is 0.213. The molecule has 0 amide bonds. The highest BCUT2D eigenvalue weighted by molar-refractivity contribution is 4.89. The standard InChI is InChI=1S/C8H14F3N3/c1-3-5-7(4-2,13-14-12)6-8(9,10)11/h3-6H2,1-2H3. The van der Waals surface area contributed by atoms with Gasteiger partial charge in [0, 0.05) is 4.91 Å². The molecular weight excluding hydrogens is 195 g/mol. The van der Waals surface area contributed by atoms with E-state index in [1.807, 2.05) is 0 Å². The highest BCUT2D eigenvalue weighted by Gasteiger charge is 2.40. The minimum atomic E-state index is -4.28. The van der Waals surface area contributed by atoms with Crippen LogP contribution in [0.5, 0.6) is 0 Å². The van der Waals surface area contributed by atoms with E-state index in [-0.39, 0.29) is 12.8 Å². The summed E-state index contributed by atoms with van der Waals surface area (Å²) in [5.41, 5.74) is 6.96. The number of alkyl halides is 3. The maximum absolute atomic E-state index is 12.2. The van der Waals surface area contributed by atoms with Crippen LogP contribution in [0.1, 0.15) is 39.5 Å². The molecular formula is C8H14F3N3. The van der Waals surface area contributed by atoms with Crippen molar-refractivity contribution < 1.29 is 13.2 Å². The van der Waals surface area contributed by atoms with Crippen LogP contribution < -0.4 is 0 Å². The zero-order valence-electron chi connectivity index (χ0n) is 8.30. The smallest absolute Gasteiger partial charge is 0.171 e. The molecule has 1 unspecified atom stereocenters. The first-order valence-corrected chi connectivity index (χ1v) is 4.52. The first-order chi connectivity index (χ1) is 6.39. The molecule has 14 heavy (non-hydrogen) atoms. The van der Waals surface area contributed by atoms with Crippen LogP contribution >= 0.6 is 0 Å². The molecule has 0 rings (SSSR count). The lowest BCUT2D eigenvalue weighted by molar-refractivity contribution is -0.148. The molecule has 0 fully saturated rings. The fraction of sp³-hybridized carbons (Fsp3) is 1.00. The Morgan fingerprint density at radius 1 is 1.29 bits per heavy atom. The molecule has 1 atom stereocenters. The summed E-state index contributed by atoms with van der Waals surface area (Å²) in [4.78, 5) is 2.51. The van der Waals surface area contributed by atoms with E-state index >= 15 is 0 Å². The average molecular weight is 209 g/mol. The highest BCUT2D eigenvalue weighted by Crippen LogP contribution is 2.35. The van der Waals surface area contributed by atoms with Gasteiger partial charge in [-0.15, -0.1) is 0 Å². The molecule has 0 saturated carbocycles. The second-order valence-electron chi connectivity index (χ2n) is 3.31. The largest absolute Gasteiger partial charge is 0.389 e. The molecule has 0 radical (unpaired) electrons. The summed E-state index contributed by atoms with van der Waals surface area (Å²) in [7, 11) is 0. The molecule has 0 aromatic heterocycles. The van der Waals surface area contributed by atoms with Gasteiger partial charge in [-0.3, -0.25) is 0 Å². The van der Waals surface area contributed by atoms with E-state index in [1.165, 1.54) is 0 Å². The van der Waals surface area contributed by atoms with Crippen molar-refractivity contribution >= 4 is 0 Å². The lowest BCUT2D eigenvalue weighted by atomic mass is 9.88. The van der Waals surface area contributed by atoms with Gasteiger partial charge < -0.3 is 0 Å². The number of azide groups is 1. The Labute approximate surface area is 80.9 Å². The Kier molecular flexibility index (Phi) is 4.77. The van der Waals surface area contributed by atoms with E-state index in [0.717, 1.165) is 0 Å². The van der Waals surface area contributed by atoms with Crippen molar-refractivity contribution in [1.29, 1.82) is 0 Å². The summed E-state index contributed by atoms with van der Waals surface area (Å²) in [5.74, 6) is 0. The van der Waals surface area contributed by atoms with Gasteiger partial charge in [-0.1, -0.05) is 25.4 Å². The fourth-order valence-electron chi connectivity index (χ4n) is 1.48. The van der Waals surface area contributed by atoms with Crippen LogP contribution in [-0.4, -0.2) is 11.7 Å². The van der Waals surface area contributed by atoms with Crippen LogP contribution in [0.25, 0.3) is 10.4 Å². The Bertz CT molecular complexity index is 220. The predicted molar refractivity (Wildman–Crippen MR) is 47.7 cm³/mol. The van der Waals surface area contributed by atoms with E-state index < -0.39 is 18.1 Å². The first kappa shape index (κ1) is 13.1. The maximum atomic E-state index is 12.2. The van der Waals surface area contributed by atoms with Gasteiger partial charge >= 0.3 is 6.18 Å². The molecule has 0 N–H and O–H groups in total. The minimum Gasteiger partial charge on any atom is -0.171 e. The number of rotatable bonds is 5. The van der Waals surface area contributed by atoms with E-state index in [0.29, 0.717) is 6.42 Å². The lowest BCUT2D eigenvalue weighted by Gasteiger charge is -2.27. The van der Waals surface area contributed by atoms with Crippen LogP contribution in [0.3, 0.4) is 0 Å². The zero-order valence-corrected chi connectivity index (χ0v) is 8.30. The SMILES string of the molecule is CCCC(CC)(CC(F)(F)F)N=[N+]=[N-]. The van der Waals surface area contributed by atoms with Crippen LogP contribution in [0.4, 0.5) is 13.2 Å². The summed E-state index contributed by atoms with van der Waals surface area (Å²) in [6, 6.07) is 0. The van der Waals surface area contributed by atoms with E-state index in [1.54, 1.807) is 13.8 Å². The first-order valence-electron chi connectivity index (χ1n) is 4.52. The van der Waals surface area contributed by atoms with Crippen molar-refractivity contribution in [3.05, 3.63) is 10.4 Å². The Morgan fingerprint density at radius 3 is 2.14 bits per heavy atom. The molecule has 0 aliphatic rings. The maximum Gasteiger partial charge on any atom is 0.389 e. The third-order valence-electron chi connectivity index (χ3n) is 2.16. The highest BCUT2D eigenvalue weighted by atomic mass is 19.4. The average Bonchev–Trinajstić information content (AvgIpc) is 2.02. The molecule has 0 aliphatic carbocycles. The normalized spacial score (nSPS) is 15.8. The van der Waals surface area contributed by atoms with Crippen molar-refractivity contribution in [3.63, 3.8) is 0 Å². The van der Waals surface area contributed by atoms with Gasteiger partial charge in [0.15, 0.2) is 0 Å². The number of hydrogen-bond donors (Lipinski definition) is 0. The van der Waals surface area contributed by atoms with Gasteiger partial charge in [0.2, 0.25) is 0 Å². The third kappa shape index (κ3) is 4.37. The van der Waals surface area contributed by atoms with Gasteiger partial charge in [0.1, 0.15) is 0 Å². The molecule has 3 nitrogen and oxygen atoms in total. The predicted octanol–water partition coefficient (Wildman–Crippen LogP) is 4.20. The second-order valence-corrected chi connectivity index (χ2v) is 3.31.